The number of phenols is 2. The molecule has 6 N–H and O–H groups in total. The van der Waals surface area contributed by atoms with E-state index in [0.29, 0.717) is 29.7 Å². The Bertz CT molecular complexity index is 1430. The van der Waals surface area contributed by atoms with E-state index in [-0.39, 0.29) is 54.4 Å². The molecule has 0 aliphatic rings. The van der Waals surface area contributed by atoms with Crippen molar-refractivity contribution < 1.29 is 24.9 Å². The van der Waals surface area contributed by atoms with Gasteiger partial charge < -0.3 is 31.3 Å². The summed E-state index contributed by atoms with van der Waals surface area (Å²) in [7, 11) is 0. The van der Waals surface area contributed by atoms with Gasteiger partial charge in [0.1, 0.15) is 17.3 Å². The zero-order chi connectivity index (χ0) is 26.2. The second-order valence-electron chi connectivity index (χ2n) is 8.25. The smallest absolute Gasteiger partial charge is 0.303 e. The van der Waals surface area contributed by atoms with Crippen LogP contribution in [0.4, 0.5) is 29.2 Å². The Balaban J connectivity index is 1.53. The van der Waals surface area contributed by atoms with Crippen molar-refractivity contribution in [2.24, 2.45) is 0 Å². The van der Waals surface area contributed by atoms with Gasteiger partial charge in [0.15, 0.2) is 0 Å². The number of aromatic nitrogens is 3. The molecule has 0 amide bonds. The van der Waals surface area contributed by atoms with Crippen LogP contribution in [-0.2, 0) is 9.59 Å². The minimum atomic E-state index is -0.995. The second kappa shape index (κ2) is 11.7. The molecule has 0 spiro atoms. The van der Waals surface area contributed by atoms with E-state index < -0.39 is 5.97 Å². The van der Waals surface area contributed by atoms with Crippen LogP contribution in [0.15, 0.2) is 60.7 Å². The quantitative estimate of drug-likeness (QED) is 0.119. The van der Waals surface area contributed by atoms with Crippen molar-refractivity contribution in [2.75, 3.05) is 22.5 Å². The van der Waals surface area contributed by atoms with E-state index in [1.807, 2.05) is 24.3 Å². The van der Waals surface area contributed by atoms with Gasteiger partial charge in [-0.1, -0.05) is 30.3 Å². The fourth-order valence-electron chi connectivity index (χ4n) is 3.65. The number of rotatable bonds is 12. The SMILES string of the molecule is O=C(O)CCC(=O)CCCNc1nc(Nc2cccc(O)c2)nc(Nc2ccc(O)c3ccccc23)n1. The van der Waals surface area contributed by atoms with Crippen molar-refractivity contribution in [2.45, 2.75) is 25.7 Å². The van der Waals surface area contributed by atoms with Gasteiger partial charge in [-0.3, -0.25) is 9.59 Å². The molecule has 0 atom stereocenters. The number of fused-ring (bicyclic) bond motifs is 1. The number of hydrogen-bond acceptors (Lipinski definition) is 10. The summed E-state index contributed by atoms with van der Waals surface area (Å²) >= 11 is 0. The molecule has 1 aromatic heterocycles. The van der Waals surface area contributed by atoms with Gasteiger partial charge in [-0.2, -0.15) is 15.0 Å². The number of ketones is 1. The largest absolute Gasteiger partial charge is 0.508 e. The number of phenolic OH excluding ortho intramolecular Hbond substituents is 2. The highest BCUT2D eigenvalue weighted by Crippen LogP contribution is 2.32. The molecule has 11 heteroatoms. The minimum absolute atomic E-state index is 0.00767. The lowest BCUT2D eigenvalue weighted by molar-refractivity contribution is -0.138. The molecule has 3 aromatic carbocycles. The molecule has 0 saturated carbocycles. The van der Waals surface area contributed by atoms with Gasteiger partial charge in [-0.15, -0.1) is 0 Å². The Labute approximate surface area is 212 Å². The number of Topliss-reactive ketones (excluding diaryl/α,β-unsaturated/α-hetero) is 1. The highest BCUT2D eigenvalue weighted by atomic mass is 16.4. The third-order valence-electron chi connectivity index (χ3n) is 5.42. The summed E-state index contributed by atoms with van der Waals surface area (Å²) in [4.78, 5) is 35.7. The van der Waals surface area contributed by atoms with Crippen molar-refractivity contribution in [3.8, 4) is 11.5 Å². The van der Waals surface area contributed by atoms with Crippen LogP contribution >= 0.6 is 0 Å². The van der Waals surface area contributed by atoms with E-state index in [1.54, 1.807) is 30.3 Å². The molecule has 0 unspecified atom stereocenters. The number of carbonyl (C=O) groups excluding carboxylic acids is 1. The molecule has 0 aliphatic carbocycles. The second-order valence-corrected chi connectivity index (χ2v) is 8.25. The first-order chi connectivity index (χ1) is 17.9. The van der Waals surface area contributed by atoms with Crippen LogP contribution in [0.2, 0.25) is 0 Å². The summed E-state index contributed by atoms with van der Waals surface area (Å²) < 4.78 is 0. The molecular weight excluding hydrogens is 476 g/mol. The van der Waals surface area contributed by atoms with Crippen molar-refractivity contribution in [1.29, 1.82) is 0 Å². The van der Waals surface area contributed by atoms with Gasteiger partial charge in [-0.05, 0) is 30.7 Å². The number of benzene rings is 3. The van der Waals surface area contributed by atoms with E-state index in [1.165, 1.54) is 6.07 Å². The van der Waals surface area contributed by atoms with Crippen LogP contribution in [0.5, 0.6) is 11.5 Å². The molecule has 190 valence electrons. The Hall–Kier alpha value is -4.93. The van der Waals surface area contributed by atoms with Gasteiger partial charge in [0, 0.05) is 47.6 Å². The standard InChI is InChI=1S/C26H26N6O5/c33-17(10-13-23(36)37)7-4-14-27-24-30-25(28-16-5-3-6-18(34)15-16)32-26(31-24)29-21-11-12-22(35)20-9-2-1-8-19(20)21/h1-3,5-6,8-9,11-12,15,34-35H,4,7,10,13-14H2,(H,36,37)(H3,27,28,29,30,31,32). The minimum Gasteiger partial charge on any atom is -0.508 e. The highest BCUT2D eigenvalue weighted by molar-refractivity contribution is 5.98. The summed E-state index contributed by atoms with van der Waals surface area (Å²) in [5, 5.41) is 39.4. The van der Waals surface area contributed by atoms with E-state index in [9.17, 15) is 19.8 Å². The van der Waals surface area contributed by atoms with Crippen LogP contribution in [0.25, 0.3) is 10.8 Å². The van der Waals surface area contributed by atoms with E-state index in [4.69, 9.17) is 5.11 Å². The molecule has 37 heavy (non-hydrogen) atoms. The van der Waals surface area contributed by atoms with Crippen LogP contribution in [-0.4, -0.2) is 48.6 Å². The molecule has 4 rings (SSSR count). The Kier molecular flexibility index (Phi) is 7.94. The third-order valence-corrected chi connectivity index (χ3v) is 5.42. The fourth-order valence-corrected chi connectivity index (χ4v) is 3.65. The topological polar surface area (TPSA) is 170 Å². The average molecular weight is 503 g/mol. The average Bonchev–Trinajstić information content (AvgIpc) is 2.87. The lowest BCUT2D eigenvalue weighted by Crippen LogP contribution is -2.12. The lowest BCUT2D eigenvalue weighted by Gasteiger charge is -2.13. The third kappa shape index (κ3) is 7.04. The number of aliphatic carboxylic acids is 1. The fraction of sp³-hybridized carbons (Fsp3) is 0.192. The van der Waals surface area contributed by atoms with Gasteiger partial charge in [0.25, 0.3) is 0 Å². The molecule has 4 aromatic rings. The van der Waals surface area contributed by atoms with Crippen LogP contribution in [0.1, 0.15) is 25.7 Å². The maximum absolute atomic E-state index is 11.8. The van der Waals surface area contributed by atoms with E-state index in [2.05, 4.69) is 30.9 Å². The Morgan fingerprint density at radius 1 is 0.757 bits per heavy atom. The number of nitrogens with zero attached hydrogens (tertiary/aromatic N) is 3. The molecular formula is C26H26N6O5. The highest BCUT2D eigenvalue weighted by Gasteiger charge is 2.11. The van der Waals surface area contributed by atoms with E-state index in [0.717, 1.165) is 5.39 Å². The summed E-state index contributed by atoms with van der Waals surface area (Å²) in [5.74, 6) is -0.180. The molecule has 0 radical (unpaired) electrons. The number of nitrogens with one attached hydrogen (secondary N) is 3. The number of anilines is 5. The van der Waals surface area contributed by atoms with Gasteiger partial charge in [-0.25, -0.2) is 0 Å². The van der Waals surface area contributed by atoms with E-state index >= 15 is 0 Å². The van der Waals surface area contributed by atoms with Crippen molar-refractivity contribution >= 4 is 51.7 Å². The van der Waals surface area contributed by atoms with Gasteiger partial charge in [0.05, 0.1) is 6.42 Å². The monoisotopic (exact) mass is 502 g/mol. The molecule has 0 fully saturated rings. The zero-order valence-electron chi connectivity index (χ0n) is 19.8. The maximum Gasteiger partial charge on any atom is 0.303 e. The lowest BCUT2D eigenvalue weighted by atomic mass is 10.1. The first kappa shape index (κ1) is 25.2. The molecule has 11 nitrogen and oxygen atoms in total. The van der Waals surface area contributed by atoms with Crippen molar-refractivity contribution in [3.05, 3.63) is 60.7 Å². The summed E-state index contributed by atoms with van der Waals surface area (Å²) in [5.41, 5.74) is 1.25. The predicted molar refractivity (Wildman–Crippen MR) is 140 cm³/mol. The first-order valence-electron chi connectivity index (χ1n) is 11.6. The summed E-state index contributed by atoms with van der Waals surface area (Å²) in [6, 6.07) is 17.2. The van der Waals surface area contributed by atoms with Gasteiger partial charge in [0.2, 0.25) is 17.8 Å². The Morgan fingerprint density at radius 3 is 2.24 bits per heavy atom. The number of carboxylic acid groups (broad SMARTS) is 1. The maximum atomic E-state index is 11.8. The molecule has 0 aliphatic heterocycles. The molecule has 1 heterocycles. The molecule has 0 saturated heterocycles. The number of carbonyl (C=O) groups is 2. The summed E-state index contributed by atoms with van der Waals surface area (Å²) in [6.07, 6.45) is 0.549. The number of aromatic hydroxyl groups is 2. The first-order valence-corrected chi connectivity index (χ1v) is 11.6. The predicted octanol–water partition coefficient (Wildman–Crippen LogP) is 4.55. The van der Waals surface area contributed by atoms with Gasteiger partial charge >= 0.3 is 5.97 Å². The zero-order valence-corrected chi connectivity index (χ0v) is 19.8. The number of hydrogen-bond donors (Lipinski definition) is 6. The molecule has 0 bridgehead atoms. The van der Waals surface area contributed by atoms with Crippen molar-refractivity contribution in [1.82, 2.24) is 15.0 Å². The van der Waals surface area contributed by atoms with Crippen LogP contribution < -0.4 is 16.0 Å². The normalized spacial score (nSPS) is 10.7. The number of carboxylic acids is 1. The Morgan fingerprint density at radius 2 is 1.49 bits per heavy atom. The van der Waals surface area contributed by atoms with Crippen LogP contribution in [0, 0.1) is 0 Å². The van der Waals surface area contributed by atoms with Crippen molar-refractivity contribution in [3.63, 3.8) is 0 Å². The summed E-state index contributed by atoms with van der Waals surface area (Å²) in [6.45, 7) is 0.385. The van der Waals surface area contributed by atoms with Crippen LogP contribution in [0.3, 0.4) is 0 Å².